The highest BCUT2D eigenvalue weighted by molar-refractivity contribution is 5.95. The third-order valence-electron chi connectivity index (χ3n) is 2.91. The quantitative estimate of drug-likeness (QED) is 0.697. The molecule has 0 aliphatic rings. The number of esters is 1. The molecule has 0 radical (unpaired) electrons. The first-order valence-corrected chi connectivity index (χ1v) is 6.42. The van der Waals surface area contributed by atoms with Crippen molar-refractivity contribution in [2.75, 3.05) is 5.73 Å². The summed E-state index contributed by atoms with van der Waals surface area (Å²) in [5.74, 6) is -0.966. The summed E-state index contributed by atoms with van der Waals surface area (Å²) in [4.78, 5) is 12.0. The van der Waals surface area contributed by atoms with Crippen LogP contribution in [0.25, 0.3) is 0 Å². The van der Waals surface area contributed by atoms with Crippen LogP contribution >= 0.6 is 0 Å². The highest BCUT2D eigenvalue weighted by Crippen LogP contribution is 2.31. The summed E-state index contributed by atoms with van der Waals surface area (Å²) in [5, 5.41) is 3.95. The first-order chi connectivity index (χ1) is 10.2. The molecule has 2 rings (SSSR count). The molecule has 2 aromatic rings. The Labute approximate surface area is 124 Å². The smallest absolute Gasteiger partial charge is 0.416 e. The zero-order valence-corrected chi connectivity index (χ0v) is 11.9. The molecule has 1 aromatic carbocycles. The Kier molecular flexibility index (Phi) is 4.11. The maximum absolute atomic E-state index is 12.6. The first kappa shape index (κ1) is 15.9. The fourth-order valence-electron chi connectivity index (χ4n) is 1.84. The number of nitrogen functional groups attached to an aromatic ring is 1. The zero-order chi connectivity index (χ0) is 16.5. The van der Waals surface area contributed by atoms with Gasteiger partial charge in [0.05, 0.1) is 11.8 Å². The van der Waals surface area contributed by atoms with Gasteiger partial charge >= 0.3 is 12.1 Å². The van der Waals surface area contributed by atoms with E-state index in [-0.39, 0.29) is 23.2 Å². The molecule has 0 amide bonds. The van der Waals surface area contributed by atoms with Gasteiger partial charge in [0.25, 0.3) is 0 Å². The van der Waals surface area contributed by atoms with Crippen molar-refractivity contribution in [3.63, 3.8) is 0 Å². The molecule has 8 heteroatoms. The lowest BCUT2D eigenvalue weighted by Gasteiger charge is -2.10. The number of halogens is 3. The second kappa shape index (κ2) is 5.70. The van der Waals surface area contributed by atoms with Gasteiger partial charge in [-0.05, 0) is 32.0 Å². The van der Waals surface area contributed by atoms with Gasteiger partial charge in [0, 0.05) is 6.04 Å². The summed E-state index contributed by atoms with van der Waals surface area (Å²) < 4.78 is 44.2. The molecule has 22 heavy (non-hydrogen) atoms. The molecule has 0 aliphatic carbocycles. The number of nitrogens with two attached hydrogens (primary N) is 1. The average Bonchev–Trinajstić information content (AvgIpc) is 2.80. The fraction of sp³-hybridized carbons (Fsp3) is 0.286. The lowest BCUT2D eigenvalue weighted by Crippen LogP contribution is -2.13. The average molecular weight is 313 g/mol. The van der Waals surface area contributed by atoms with Crippen molar-refractivity contribution in [3.8, 4) is 5.75 Å². The second-order valence-electron chi connectivity index (χ2n) is 4.90. The van der Waals surface area contributed by atoms with E-state index in [4.69, 9.17) is 10.5 Å². The van der Waals surface area contributed by atoms with Crippen molar-refractivity contribution >= 4 is 11.8 Å². The molecular weight excluding hydrogens is 299 g/mol. The van der Waals surface area contributed by atoms with E-state index in [0.717, 1.165) is 18.2 Å². The van der Waals surface area contributed by atoms with Crippen molar-refractivity contribution < 1.29 is 22.7 Å². The summed E-state index contributed by atoms with van der Waals surface area (Å²) in [7, 11) is 0. The summed E-state index contributed by atoms with van der Waals surface area (Å²) in [5.41, 5.74) is 4.88. The lowest BCUT2D eigenvalue weighted by atomic mass is 10.2. The van der Waals surface area contributed by atoms with Crippen LogP contribution in [-0.2, 0) is 6.18 Å². The molecule has 5 nitrogen and oxygen atoms in total. The Bertz CT molecular complexity index is 693. The Morgan fingerprint density at radius 2 is 2.05 bits per heavy atom. The van der Waals surface area contributed by atoms with E-state index in [1.165, 1.54) is 16.9 Å². The number of nitrogens with zero attached hydrogens (tertiary/aromatic N) is 2. The first-order valence-electron chi connectivity index (χ1n) is 6.42. The molecule has 1 heterocycles. The minimum absolute atomic E-state index is 0.00566. The van der Waals surface area contributed by atoms with Crippen molar-refractivity contribution in [1.29, 1.82) is 0 Å². The van der Waals surface area contributed by atoms with Crippen molar-refractivity contribution in [3.05, 3.63) is 41.6 Å². The summed E-state index contributed by atoms with van der Waals surface area (Å²) in [6.07, 6.45) is -3.28. The number of carbonyl (C=O) groups is 1. The number of hydrogen-bond acceptors (Lipinski definition) is 4. The predicted molar refractivity (Wildman–Crippen MR) is 73.4 cm³/mol. The third-order valence-corrected chi connectivity index (χ3v) is 2.91. The SMILES string of the molecule is CC(C)n1ncc(C(=O)Oc2cccc(C(F)(F)F)c2)c1N. The van der Waals surface area contributed by atoms with Crippen LogP contribution in [0.2, 0.25) is 0 Å². The molecule has 0 spiro atoms. The van der Waals surface area contributed by atoms with Gasteiger partial charge in [0.15, 0.2) is 0 Å². The number of hydrogen-bond donors (Lipinski definition) is 1. The van der Waals surface area contributed by atoms with Crippen molar-refractivity contribution in [2.45, 2.75) is 26.1 Å². The van der Waals surface area contributed by atoms with Crippen LogP contribution < -0.4 is 10.5 Å². The summed E-state index contributed by atoms with van der Waals surface area (Å²) >= 11 is 0. The van der Waals surface area contributed by atoms with Crippen LogP contribution in [0.3, 0.4) is 0 Å². The van der Waals surface area contributed by atoms with E-state index in [0.29, 0.717) is 0 Å². The number of benzene rings is 1. The number of rotatable bonds is 3. The van der Waals surface area contributed by atoms with Gasteiger partial charge in [-0.2, -0.15) is 18.3 Å². The topological polar surface area (TPSA) is 70.1 Å². The van der Waals surface area contributed by atoms with E-state index in [2.05, 4.69) is 5.10 Å². The van der Waals surface area contributed by atoms with Gasteiger partial charge in [-0.25, -0.2) is 9.48 Å². The molecule has 0 saturated carbocycles. The Balaban J connectivity index is 2.23. The number of anilines is 1. The fourth-order valence-corrected chi connectivity index (χ4v) is 1.84. The van der Waals surface area contributed by atoms with E-state index < -0.39 is 17.7 Å². The minimum atomic E-state index is -4.51. The molecule has 1 aromatic heterocycles. The Hall–Kier alpha value is -2.51. The molecule has 0 fully saturated rings. The Morgan fingerprint density at radius 1 is 1.36 bits per heavy atom. The van der Waals surface area contributed by atoms with Crippen LogP contribution in [0.5, 0.6) is 5.75 Å². The molecule has 0 unspecified atom stereocenters. The molecular formula is C14H14F3N3O2. The number of aromatic nitrogens is 2. The molecule has 118 valence electrons. The minimum Gasteiger partial charge on any atom is -0.423 e. The van der Waals surface area contributed by atoms with Crippen LogP contribution in [0.1, 0.15) is 35.8 Å². The predicted octanol–water partition coefficient (Wildman–Crippen LogP) is 3.28. The zero-order valence-electron chi connectivity index (χ0n) is 11.9. The van der Waals surface area contributed by atoms with Gasteiger partial charge in [-0.1, -0.05) is 6.07 Å². The van der Waals surface area contributed by atoms with Gasteiger partial charge in [0.2, 0.25) is 0 Å². The van der Waals surface area contributed by atoms with Gasteiger partial charge in [0.1, 0.15) is 17.1 Å². The van der Waals surface area contributed by atoms with Crippen molar-refractivity contribution in [2.24, 2.45) is 0 Å². The van der Waals surface area contributed by atoms with Crippen molar-refractivity contribution in [1.82, 2.24) is 9.78 Å². The number of alkyl halides is 3. The van der Waals surface area contributed by atoms with E-state index in [1.807, 2.05) is 13.8 Å². The summed E-state index contributed by atoms with van der Waals surface area (Å²) in [6, 6.07) is 4.00. The van der Waals surface area contributed by atoms with Crippen LogP contribution in [0.15, 0.2) is 30.5 Å². The van der Waals surface area contributed by atoms with Gasteiger partial charge in [-0.3, -0.25) is 0 Å². The molecule has 0 atom stereocenters. The largest absolute Gasteiger partial charge is 0.423 e. The van der Waals surface area contributed by atoms with E-state index in [1.54, 1.807) is 0 Å². The molecule has 2 N–H and O–H groups in total. The third kappa shape index (κ3) is 3.21. The molecule has 0 bridgehead atoms. The van der Waals surface area contributed by atoms with E-state index in [9.17, 15) is 18.0 Å². The van der Waals surface area contributed by atoms with E-state index >= 15 is 0 Å². The monoisotopic (exact) mass is 313 g/mol. The van der Waals surface area contributed by atoms with Crippen LogP contribution in [0.4, 0.5) is 19.0 Å². The maximum Gasteiger partial charge on any atom is 0.416 e. The maximum atomic E-state index is 12.6. The second-order valence-corrected chi connectivity index (χ2v) is 4.90. The number of ether oxygens (including phenoxy) is 1. The van der Waals surface area contributed by atoms with Gasteiger partial charge in [-0.15, -0.1) is 0 Å². The Morgan fingerprint density at radius 3 is 2.59 bits per heavy atom. The van der Waals surface area contributed by atoms with Crippen LogP contribution in [-0.4, -0.2) is 15.7 Å². The number of carbonyl (C=O) groups excluding carboxylic acids is 1. The normalized spacial score (nSPS) is 11.7. The van der Waals surface area contributed by atoms with Crippen LogP contribution in [0, 0.1) is 0 Å². The standard InChI is InChI=1S/C14H14F3N3O2/c1-8(2)20-12(18)11(7-19-20)13(21)22-10-5-3-4-9(6-10)14(15,16)17/h3-8H,18H2,1-2H3. The highest BCUT2D eigenvalue weighted by atomic mass is 19.4. The molecule has 0 aliphatic heterocycles. The summed E-state index contributed by atoms with van der Waals surface area (Å²) in [6.45, 7) is 3.65. The highest BCUT2D eigenvalue weighted by Gasteiger charge is 2.31. The molecule has 0 saturated heterocycles. The lowest BCUT2D eigenvalue weighted by molar-refractivity contribution is -0.137. The van der Waals surface area contributed by atoms with Gasteiger partial charge < -0.3 is 10.5 Å².